The summed E-state index contributed by atoms with van der Waals surface area (Å²) in [5, 5.41) is 1.93. The van der Waals surface area contributed by atoms with Gasteiger partial charge in [-0.2, -0.15) is 0 Å². The van der Waals surface area contributed by atoms with Gasteiger partial charge in [-0.15, -0.1) is 11.3 Å². The van der Waals surface area contributed by atoms with Crippen LogP contribution in [0.15, 0.2) is 11.4 Å². The highest BCUT2D eigenvalue weighted by atomic mass is 127. The number of Topliss-reactive ketones (excluding diaryl/α,β-unsaturated/α-hetero) is 1. The van der Waals surface area contributed by atoms with Gasteiger partial charge in [0.05, 0.1) is 8.45 Å². The first kappa shape index (κ1) is 14.5. The van der Waals surface area contributed by atoms with Crippen LogP contribution in [0.5, 0.6) is 0 Å². The molecule has 0 radical (unpaired) electrons. The molecule has 2 fully saturated rings. The summed E-state index contributed by atoms with van der Waals surface area (Å²) in [5.74, 6) is 0.582. The van der Waals surface area contributed by atoms with Crippen LogP contribution in [0.25, 0.3) is 0 Å². The van der Waals surface area contributed by atoms with Gasteiger partial charge >= 0.3 is 0 Å². The van der Waals surface area contributed by atoms with Gasteiger partial charge in [-0.1, -0.05) is 6.42 Å². The summed E-state index contributed by atoms with van der Waals surface area (Å²) in [6.45, 7) is 0.805. The molecule has 1 aromatic heterocycles. The highest BCUT2D eigenvalue weighted by Gasteiger charge is 2.39. The fourth-order valence-electron chi connectivity index (χ4n) is 3.47. The van der Waals surface area contributed by atoms with Crippen molar-refractivity contribution in [2.45, 2.75) is 44.6 Å². The number of halogens is 1. The largest absolute Gasteiger partial charge is 0.335 e. The molecule has 20 heavy (non-hydrogen) atoms. The van der Waals surface area contributed by atoms with Crippen LogP contribution in [0.1, 0.15) is 48.9 Å². The number of carbonyl (C=O) groups excluding carboxylic acids is 2. The molecule has 1 saturated carbocycles. The fourth-order valence-corrected chi connectivity index (χ4v) is 4.79. The van der Waals surface area contributed by atoms with Gasteiger partial charge in [0.2, 0.25) is 0 Å². The molecular weight excluding hydrogens is 385 g/mol. The molecule has 3 nitrogen and oxygen atoms in total. The van der Waals surface area contributed by atoms with E-state index in [9.17, 15) is 9.59 Å². The Balaban J connectivity index is 1.78. The maximum atomic E-state index is 12.6. The molecule has 1 saturated heterocycles. The molecule has 2 atom stereocenters. The standard InChI is InChI=1S/C15H18INO2S/c16-14-8-10(9-20-14)15(19)17-7-3-5-12(17)11-4-1-2-6-13(11)18/h8-9,11-12H,1-7H2. The number of rotatable bonds is 2. The molecule has 0 aromatic carbocycles. The first-order valence-electron chi connectivity index (χ1n) is 7.24. The molecule has 1 aliphatic heterocycles. The predicted molar refractivity (Wildman–Crippen MR) is 88.1 cm³/mol. The van der Waals surface area contributed by atoms with Gasteiger partial charge in [0.1, 0.15) is 5.78 Å². The minimum atomic E-state index is 0.0907. The highest BCUT2D eigenvalue weighted by Crippen LogP contribution is 2.33. The van der Waals surface area contributed by atoms with Crippen molar-refractivity contribution in [3.63, 3.8) is 0 Å². The predicted octanol–water partition coefficient (Wildman–Crippen LogP) is 3.72. The number of amides is 1. The second-order valence-electron chi connectivity index (χ2n) is 5.67. The lowest BCUT2D eigenvalue weighted by Crippen LogP contribution is -2.43. The lowest BCUT2D eigenvalue weighted by atomic mass is 9.81. The third-order valence-electron chi connectivity index (χ3n) is 4.44. The quantitative estimate of drug-likeness (QED) is 0.706. The fraction of sp³-hybridized carbons (Fsp3) is 0.600. The second kappa shape index (κ2) is 6.13. The second-order valence-corrected chi connectivity index (χ2v) is 8.47. The van der Waals surface area contributed by atoms with Crippen LogP contribution in [0, 0.1) is 8.80 Å². The molecule has 1 aliphatic carbocycles. The van der Waals surface area contributed by atoms with Gasteiger partial charge in [0.15, 0.2) is 0 Å². The molecule has 3 rings (SSSR count). The smallest absolute Gasteiger partial charge is 0.255 e. The van der Waals surface area contributed by atoms with Crippen LogP contribution in [0.3, 0.4) is 0 Å². The molecule has 2 aliphatic rings. The first-order valence-corrected chi connectivity index (χ1v) is 9.20. The number of thiophene rings is 1. The normalized spacial score (nSPS) is 27.1. The molecule has 5 heteroatoms. The average Bonchev–Trinajstić information content (AvgIpc) is 3.07. The minimum absolute atomic E-state index is 0.0907. The van der Waals surface area contributed by atoms with E-state index in [1.165, 1.54) is 0 Å². The van der Waals surface area contributed by atoms with Crippen molar-refractivity contribution < 1.29 is 9.59 Å². The van der Waals surface area contributed by atoms with E-state index in [0.717, 1.165) is 47.1 Å². The summed E-state index contributed by atoms with van der Waals surface area (Å²) in [7, 11) is 0. The minimum Gasteiger partial charge on any atom is -0.335 e. The number of hydrogen-bond acceptors (Lipinski definition) is 3. The topological polar surface area (TPSA) is 37.4 Å². The van der Waals surface area contributed by atoms with E-state index < -0.39 is 0 Å². The summed E-state index contributed by atoms with van der Waals surface area (Å²) in [5.41, 5.74) is 0.787. The zero-order valence-electron chi connectivity index (χ0n) is 11.3. The summed E-state index contributed by atoms with van der Waals surface area (Å²) >= 11 is 3.84. The molecule has 1 aromatic rings. The van der Waals surface area contributed by atoms with Crippen molar-refractivity contribution >= 4 is 45.6 Å². The van der Waals surface area contributed by atoms with Crippen molar-refractivity contribution in [2.24, 2.45) is 5.92 Å². The molecular formula is C15H18INO2S. The van der Waals surface area contributed by atoms with Crippen molar-refractivity contribution in [1.29, 1.82) is 0 Å². The van der Waals surface area contributed by atoms with E-state index in [4.69, 9.17) is 0 Å². The number of ketones is 1. The summed E-state index contributed by atoms with van der Waals surface area (Å²) in [6.07, 6.45) is 5.85. The van der Waals surface area contributed by atoms with Crippen LogP contribution in [0.4, 0.5) is 0 Å². The molecule has 0 spiro atoms. The Kier molecular flexibility index (Phi) is 4.45. The van der Waals surface area contributed by atoms with E-state index in [2.05, 4.69) is 22.6 Å². The van der Waals surface area contributed by atoms with E-state index in [1.54, 1.807) is 11.3 Å². The maximum absolute atomic E-state index is 12.6. The Morgan fingerprint density at radius 2 is 2.15 bits per heavy atom. The van der Waals surface area contributed by atoms with Crippen LogP contribution in [-0.4, -0.2) is 29.2 Å². The van der Waals surface area contributed by atoms with Crippen molar-refractivity contribution in [3.8, 4) is 0 Å². The van der Waals surface area contributed by atoms with Gasteiger partial charge in [-0.25, -0.2) is 0 Å². The zero-order valence-corrected chi connectivity index (χ0v) is 14.3. The van der Waals surface area contributed by atoms with E-state index in [1.807, 2.05) is 16.3 Å². The first-order chi connectivity index (χ1) is 9.66. The lowest BCUT2D eigenvalue weighted by Gasteiger charge is -2.33. The Bertz CT molecular complexity index is 528. The lowest BCUT2D eigenvalue weighted by molar-refractivity contribution is -0.126. The molecule has 2 unspecified atom stereocenters. The van der Waals surface area contributed by atoms with Crippen molar-refractivity contribution in [3.05, 3.63) is 19.9 Å². The summed E-state index contributed by atoms with van der Waals surface area (Å²) in [6, 6.07) is 2.10. The van der Waals surface area contributed by atoms with Gasteiger partial charge < -0.3 is 4.90 Å². The number of nitrogens with zero attached hydrogens (tertiary/aromatic N) is 1. The zero-order chi connectivity index (χ0) is 14.1. The summed E-state index contributed by atoms with van der Waals surface area (Å²) in [4.78, 5) is 26.8. The van der Waals surface area contributed by atoms with Crippen molar-refractivity contribution in [2.75, 3.05) is 6.54 Å². The third-order valence-corrected chi connectivity index (χ3v) is 6.23. The molecule has 1 amide bonds. The van der Waals surface area contributed by atoms with E-state index >= 15 is 0 Å². The maximum Gasteiger partial charge on any atom is 0.255 e. The van der Waals surface area contributed by atoms with Crippen molar-refractivity contribution in [1.82, 2.24) is 4.90 Å². The highest BCUT2D eigenvalue weighted by molar-refractivity contribution is 14.1. The molecule has 0 bridgehead atoms. The van der Waals surface area contributed by atoms with E-state index in [-0.39, 0.29) is 17.9 Å². The average molecular weight is 403 g/mol. The molecule has 2 heterocycles. The Morgan fingerprint density at radius 1 is 1.30 bits per heavy atom. The van der Waals surface area contributed by atoms with Crippen LogP contribution >= 0.6 is 33.9 Å². The monoisotopic (exact) mass is 403 g/mol. The van der Waals surface area contributed by atoms with Gasteiger partial charge in [-0.05, 0) is 54.3 Å². The van der Waals surface area contributed by atoms with Gasteiger partial charge in [0.25, 0.3) is 5.91 Å². The Hall–Kier alpha value is -0.430. The molecule has 108 valence electrons. The van der Waals surface area contributed by atoms with E-state index in [0.29, 0.717) is 12.2 Å². The van der Waals surface area contributed by atoms with Crippen LogP contribution < -0.4 is 0 Å². The number of hydrogen-bond donors (Lipinski definition) is 0. The van der Waals surface area contributed by atoms with Gasteiger partial charge in [0, 0.05) is 30.3 Å². The Labute approximate surface area is 136 Å². The number of likely N-dealkylation sites (tertiary alicyclic amines) is 1. The number of carbonyl (C=O) groups is 2. The SMILES string of the molecule is O=C1CCCCC1C1CCCN1C(=O)c1csc(I)c1. The third kappa shape index (κ3) is 2.79. The van der Waals surface area contributed by atoms with Crippen LogP contribution in [0.2, 0.25) is 0 Å². The summed E-state index contributed by atoms with van der Waals surface area (Å²) < 4.78 is 1.13. The van der Waals surface area contributed by atoms with Crippen LogP contribution in [-0.2, 0) is 4.79 Å². The molecule has 0 N–H and O–H groups in total. The van der Waals surface area contributed by atoms with Gasteiger partial charge in [-0.3, -0.25) is 9.59 Å². The Morgan fingerprint density at radius 3 is 2.85 bits per heavy atom.